The number of rotatable bonds is 6. The van der Waals surface area contributed by atoms with Gasteiger partial charge in [0.15, 0.2) is 17.4 Å². The van der Waals surface area contributed by atoms with Gasteiger partial charge in [-0.1, -0.05) is 6.58 Å². The quantitative estimate of drug-likeness (QED) is 0.415. The first-order valence-electron chi connectivity index (χ1n) is 10.9. The Hall–Kier alpha value is -3.96. The maximum Gasteiger partial charge on any atom is 0.387 e. The number of fused-ring (bicyclic) bond motifs is 4. The van der Waals surface area contributed by atoms with Crippen molar-refractivity contribution in [2.24, 2.45) is 0 Å². The number of nitrogens with zero attached hydrogens (tertiary/aromatic N) is 5. The molecular weight excluding hydrogens is 468 g/mol. The van der Waals surface area contributed by atoms with Gasteiger partial charge in [0.25, 0.3) is 0 Å². The molecule has 2 aromatic heterocycles. The smallest absolute Gasteiger partial charge is 0.387 e. The number of carbonyl (C=O) groups excluding carboxylic acids is 1. The largest absolute Gasteiger partial charge is 0.432 e. The van der Waals surface area contributed by atoms with Gasteiger partial charge in [0.2, 0.25) is 11.7 Å². The van der Waals surface area contributed by atoms with Crippen molar-refractivity contribution >= 4 is 34.3 Å². The first-order chi connectivity index (χ1) is 16.9. The second-order valence-electron chi connectivity index (χ2n) is 8.23. The summed E-state index contributed by atoms with van der Waals surface area (Å²) in [5.74, 6) is -3.19. The minimum absolute atomic E-state index is 0.0404. The molecule has 0 aliphatic carbocycles. The van der Waals surface area contributed by atoms with Crippen molar-refractivity contribution in [2.75, 3.05) is 23.3 Å². The number of carbonyl (C=O) groups is 1. The first-order valence-corrected chi connectivity index (χ1v) is 10.9. The Balaban J connectivity index is 1.45. The Kier molecular flexibility index (Phi) is 5.87. The lowest BCUT2D eigenvalue weighted by Gasteiger charge is -2.51. The van der Waals surface area contributed by atoms with Gasteiger partial charge in [0.1, 0.15) is 17.7 Å². The van der Waals surface area contributed by atoms with E-state index in [1.54, 1.807) is 6.07 Å². The topological polar surface area (TPSA) is 83.5 Å². The highest BCUT2D eigenvalue weighted by atomic mass is 19.3. The van der Waals surface area contributed by atoms with E-state index >= 15 is 0 Å². The average Bonchev–Trinajstić information content (AvgIpc) is 2.87. The van der Waals surface area contributed by atoms with Gasteiger partial charge in [-0.2, -0.15) is 13.2 Å². The van der Waals surface area contributed by atoms with E-state index in [2.05, 4.69) is 36.5 Å². The van der Waals surface area contributed by atoms with Crippen LogP contribution in [0.25, 0.3) is 11.0 Å². The summed E-state index contributed by atoms with van der Waals surface area (Å²) >= 11 is 0. The van der Waals surface area contributed by atoms with E-state index in [0.717, 1.165) is 25.0 Å². The van der Waals surface area contributed by atoms with Crippen LogP contribution in [0.3, 0.4) is 0 Å². The van der Waals surface area contributed by atoms with Crippen molar-refractivity contribution in [3.05, 3.63) is 54.9 Å². The van der Waals surface area contributed by atoms with Gasteiger partial charge in [-0.15, -0.1) is 0 Å². The minimum Gasteiger partial charge on any atom is -0.432 e. The Bertz CT molecular complexity index is 1310. The lowest BCUT2D eigenvalue weighted by atomic mass is 9.90. The highest BCUT2D eigenvalue weighted by molar-refractivity contribution is 5.89. The van der Waals surface area contributed by atoms with Crippen molar-refractivity contribution in [1.82, 2.24) is 19.9 Å². The lowest BCUT2D eigenvalue weighted by molar-refractivity contribution is -0.131. The highest BCUT2D eigenvalue weighted by Crippen LogP contribution is 2.34. The van der Waals surface area contributed by atoms with Crippen LogP contribution in [0.5, 0.6) is 5.75 Å². The van der Waals surface area contributed by atoms with Gasteiger partial charge in [0.05, 0.1) is 11.2 Å². The molecule has 3 aliphatic rings. The highest BCUT2D eigenvalue weighted by Gasteiger charge is 2.41. The van der Waals surface area contributed by atoms with Crippen molar-refractivity contribution in [3.8, 4) is 5.75 Å². The SMILES string of the molecule is C=CC(=O)N1CC2CC[C@H]1CN2c1ccc2ncnc(Nc3ccc(OC(F)F)c(F)c3F)c2n1. The van der Waals surface area contributed by atoms with E-state index in [1.807, 2.05) is 11.0 Å². The van der Waals surface area contributed by atoms with E-state index in [9.17, 15) is 22.4 Å². The van der Waals surface area contributed by atoms with Gasteiger partial charge in [0, 0.05) is 25.2 Å². The van der Waals surface area contributed by atoms with Crippen LogP contribution >= 0.6 is 0 Å². The average molecular weight is 488 g/mol. The Morgan fingerprint density at radius 1 is 1.11 bits per heavy atom. The summed E-state index contributed by atoms with van der Waals surface area (Å²) in [6.45, 7) is 1.45. The second-order valence-corrected chi connectivity index (χ2v) is 8.23. The second kappa shape index (κ2) is 9.01. The molecule has 1 N–H and O–H groups in total. The molecule has 6 rings (SSSR count). The predicted octanol–water partition coefficient (Wildman–Crippen LogP) is 4.01. The summed E-state index contributed by atoms with van der Waals surface area (Å²) in [7, 11) is 0. The number of nitrogens with one attached hydrogen (secondary N) is 1. The molecule has 0 radical (unpaired) electrons. The Labute approximate surface area is 197 Å². The van der Waals surface area contributed by atoms with E-state index < -0.39 is 24.0 Å². The number of piperazine rings is 1. The molecule has 12 heteroatoms. The summed E-state index contributed by atoms with van der Waals surface area (Å²) in [4.78, 5) is 29.1. The number of ether oxygens (including phenoxy) is 1. The van der Waals surface area contributed by atoms with E-state index in [0.29, 0.717) is 29.9 Å². The van der Waals surface area contributed by atoms with E-state index in [1.165, 1.54) is 12.4 Å². The molecule has 1 unspecified atom stereocenters. The number of hydrogen-bond donors (Lipinski definition) is 1. The van der Waals surface area contributed by atoms with E-state index in [4.69, 9.17) is 0 Å². The fourth-order valence-electron chi connectivity index (χ4n) is 4.62. The molecule has 3 aliphatic heterocycles. The fraction of sp³-hybridized carbons (Fsp3) is 0.304. The van der Waals surface area contributed by atoms with Crippen molar-refractivity contribution in [1.29, 1.82) is 0 Å². The number of halogens is 4. The van der Waals surface area contributed by atoms with Crippen molar-refractivity contribution < 1.29 is 27.1 Å². The third-order valence-corrected chi connectivity index (χ3v) is 6.26. The van der Waals surface area contributed by atoms with Crippen LogP contribution in [-0.2, 0) is 4.79 Å². The number of anilines is 3. The molecule has 8 nitrogen and oxygen atoms in total. The van der Waals surface area contributed by atoms with Crippen molar-refractivity contribution in [2.45, 2.75) is 31.5 Å². The third kappa shape index (κ3) is 4.19. The molecule has 2 atom stereocenters. The molecule has 182 valence electrons. The molecule has 1 amide bonds. The zero-order valence-electron chi connectivity index (χ0n) is 18.3. The number of piperidine rings is 2. The number of aromatic nitrogens is 3. The maximum atomic E-state index is 14.5. The summed E-state index contributed by atoms with van der Waals surface area (Å²) < 4.78 is 57.5. The standard InChI is InChI=1S/C23H20F4N6O2/c1-2-18(34)33-10-12-3-4-13(33)9-32(12)17-8-6-15-21(31-17)22(29-11-28-15)30-14-5-7-16(35-23(26)27)20(25)19(14)24/h2,5-8,11-13,23H,1,3-4,9-10H2,(H,28,29,30)/t12?,13-/m0/s1. The van der Waals surface area contributed by atoms with Crippen LogP contribution in [0.15, 0.2) is 43.2 Å². The monoisotopic (exact) mass is 488 g/mol. The van der Waals surface area contributed by atoms with Crippen LogP contribution < -0.4 is 15.0 Å². The van der Waals surface area contributed by atoms with E-state index in [-0.39, 0.29) is 29.5 Å². The van der Waals surface area contributed by atoms with Gasteiger partial charge < -0.3 is 19.9 Å². The molecule has 2 bridgehead atoms. The Morgan fingerprint density at radius 2 is 1.91 bits per heavy atom. The first kappa shape index (κ1) is 22.8. The number of alkyl halides is 2. The molecule has 3 aromatic rings. The molecule has 35 heavy (non-hydrogen) atoms. The molecule has 0 spiro atoms. The minimum atomic E-state index is -3.29. The lowest BCUT2D eigenvalue weighted by Crippen LogP contribution is -2.64. The number of hydrogen-bond acceptors (Lipinski definition) is 7. The van der Waals surface area contributed by atoms with Crippen molar-refractivity contribution in [3.63, 3.8) is 0 Å². The van der Waals surface area contributed by atoms with Crippen LogP contribution in [0, 0.1) is 11.6 Å². The normalized spacial score (nSPS) is 19.3. The summed E-state index contributed by atoms with van der Waals surface area (Å²) in [5, 5.41) is 2.68. The molecule has 1 aromatic carbocycles. The summed E-state index contributed by atoms with van der Waals surface area (Å²) in [6.07, 6.45) is 4.36. The third-order valence-electron chi connectivity index (χ3n) is 6.26. The molecular formula is C23H20F4N6O2. The van der Waals surface area contributed by atoms with Gasteiger partial charge in [-0.25, -0.2) is 19.3 Å². The van der Waals surface area contributed by atoms with Crippen LogP contribution in [0.4, 0.5) is 34.9 Å². The molecule has 0 saturated carbocycles. The molecule has 3 fully saturated rings. The zero-order chi connectivity index (χ0) is 24.7. The number of amides is 1. The van der Waals surface area contributed by atoms with Crippen LogP contribution in [0.2, 0.25) is 0 Å². The van der Waals surface area contributed by atoms with Crippen LogP contribution in [-0.4, -0.2) is 57.5 Å². The van der Waals surface area contributed by atoms with Crippen LogP contribution in [0.1, 0.15) is 12.8 Å². The summed E-state index contributed by atoms with van der Waals surface area (Å²) in [5.41, 5.74) is 0.459. The maximum absolute atomic E-state index is 14.5. The molecule has 3 saturated heterocycles. The Morgan fingerprint density at radius 3 is 2.63 bits per heavy atom. The number of pyridine rings is 1. The fourth-order valence-corrected chi connectivity index (χ4v) is 4.62. The zero-order valence-corrected chi connectivity index (χ0v) is 18.3. The predicted molar refractivity (Wildman–Crippen MR) is 120 cm³/mol. The number of benzene rings is 1. The summed E-state index contributed by atoms with van der Waals surface area (Å²) in [6, 6.07) is 5.65. The molecule has 5 heterocycles. The van der Waals surface area contributed by atoms with Gasteiger partial charge in [-0.05, 0) is 43.2 Å². The van der Waals surface area contributed by atoms with Gasteiger partial charge in [-0.3, -0.25) is 4.79 Å². The van der Waals surface area contributed by atoms with Gasteiger partial charge >= 0.3 is 6.61 Å².